The summed E-state index contributed by atoms with van der Waals surface area (Å²) in [7, 11) is 3.25. The van der Waals surface area contributed by atoms with Crippen molar-refractivity contribution < 1.29 is 9.47 Å². The summed E-state index contributed by atoms with van der Waals surface area (Å²) < 4.78 is 11.0. The summed E-state index contributed by atoms with van der Waals surface area (Å²) in [4.78, 5) is 7.32. The summed E-state index contributed by atoms with van der Waals surface area (Å²) in [6.45, 7) is 1.87. The van der Waals surface area contributed by atoms with Crippen LogP contribution in [0.1, 0.15) is 5.82 Å². The van der Waals surface area contributed by atoms with E-state index < -0.39 is 0 Å². The van der Waals surface area contributed by atoms with E-state index in [1.54, 1.807) is 14.2 Å². The predicted octanol–water partition coefficient (Wildman–Crippen LogP) is 3.13. The first kappa shape index (κ1) is 12.6. The maximum absolute atomic E-state index is 5.24. The first-order valence-corrected chi connectivity index (χ1v) is 5.84. The molecule has 0 aliphatic rings. The molecule has 0 bridgehead atoms. The minimum atomic E-state index is 0.558. The van der Waals surface area contributed by atoms with Gasteiger partial charge in [0.15, 0.2) is 0 Å². The van der Waals surface area contributed by atoms with E-state index >= 15 is 0 Å². The molecule has 1 aromatic carbocycles. The molecule has 0 saturated carbocycles. The highest BCUT2D eigenvalue weighted by Gasteiger charge is 2.05. The Labute approximate surface area is 111 Å². The lowest BCUT2D eigenvalue weighted by Gasteiger charge is -2.09. The van der Waals surface area contributed by atoms with Crippen molar-refractivity contribution in [1.29, 1.82) is 0 Å². The van der Waals surface area contributed by atoms with E-state index in [0.717, 1.165) is 28.6 Å². The van der Waals surface area contributed by atoms with E-state index in [4.69, 9.17) is 21.7 Å². The third-order valence-corrected chi connectivity index (χ3v) is 2.73. The Morgan fingerprint density at radius 3 is 2.17 bits per heavy atom. The van der Waals surface area contributed by atoms with Gasteiger partial charge in [-0.1, -0.05) is 12.2 Å². The third-order valence-electron chi connectivity index (χ3n) is 2.52. The third kappa shape index (κ3) is 2.68. The lowest BCUT2D eigenvalue weighted by atomic mass is 10.1. The normalized spacial score (nSPS) is 10.2. The van der Waals surface area contributed by atoms with Gasteiger partial charge in [0.2, 0.25) is 0 Å². The molecule has 1 aromatic heterocycles. The minimum absolute atomic E-state index is 0.558. The molecule has 18 heavy (non-hydrogen) atoms. The highest BCUT2D eigenvalue weighted by molar-refractivity contribution is 7.71. The number of aryl methyl sites for hydroxylation is 1. The van der Waals surface area contributed by atoms with E-state index in [0.29, 0.717) is 4.64 Å². The van der Waals surface area contributed by atoms with Gasteiger partial charge in [-0.05, 0) is 25.1 Å². The van der Waals surface area contributed by atoms with Gasteiger partial charge in [0.05, 0.1) is 14.2 Å². The zero-order valence-corrected chi connectivity index (χ0v) is 11.3. The Morgan fingerprint density at radius 1 is 1.06 bits per heavy atom. The lowest BCUT2D eigenvalue weighted by molar-refractivity contribution is 0.394. The van der Waals surface area contributed by atoms with Crippen molar-refractivity contribution in [3.05, 3.63) is 34.7 Å². The fourth-order valence-corrected chi connectivity index (χ4v) is 1.95. The molecule has 0 fully saturated rings. The van der Waals surface area contributed by atoms with Crippen molar-refractivity contribution >= 4 is 12.2 Å². The molecule has 4 nitrogen and oxygen atoms in total. The topological polar surface area (TPSA) is 47.1 Å². The van der Waals surface area contributed by atoms with Crippen LogP contribution in [0.3, 0.4) is 0 Å². The number of hydrogen-bond donors (Lipinski definition) is 1. The highest BCUT2D eigenvalue weighted by Crippen LogP contribution is 2.28. The number of aromatic amines is 1. The van der Waals surface area contributed by atoms with Crippen LogP contribution < -0.4 is 9.47 Å². The molecule has 5 heteroatoms. The number of benzene rings is 1. The SMILES string of the molecule is COc1cc(OC)cc(-c2cc(=S)nc(C)[nH]2)c1. The molecule has 0 radical (unpaired) electrons. The number of aromatic nitrogens is 2. The fourth-order valence-electron chi connectivity index (χ4n) is 1.70. The number of methoxy groups -OCH3 is 2. The molecular formula is C13H14N2O2S. The van der Waals surface area contributed by atoms with Gasteiger partial charge in [0.25, 0.3) is 0 Å². The van der Waals surface area contributed by atoms with Gasteiger partial charge in [0.1, 0.15) is 22.0 Å². The lowest BCUT2D eigenvalue weighted by Crippen LogP contribution is -1.93. The molecule has 2 rings (SSSR count). The van der Waals surface area contributed by atoms with Gasteiger partial charge < -0.3 is 14.5 Å². The van der Waals surface area contributed by atoms with Crippen LogP contribution in [0.15, 0.2) is 24.3 Å². The maximum atomic E-state index is 5.24. The fraction of sp³-hybridized carbons (Fsp3) is 0.231. The van der Waals surface area contributed by atoms with Crippen LogP contribution >= 0.6 is 12.2 Å². The molecule has 2 aromatic rings. The van der Waals surface area contributed by atoms with Crippen molar-refractivity contribution in [1.82, 2.24) is 9.97 Å². The molecule has 0 aliphatic carbocycles. The van der Waals surface area contributed by atoms with Crippen molar-refractivity contribution in [3.63, 3.8) is 0 Å². The number of nitrogens with one attached hydrogen (secondary N) is 1. The van der Waals surface area contributed by atoms with Crippen LogP contribution in [-0.2, 0) is 0 Å². The number of rotatable bonds is 3. The van der Waals surface area contributed by atoms with Crippen LogP contribution in [0.4, 0.5) is 0 Å². The molecule has 94 valence electrons. The largest absolute Gasteiger partial charge is 0.497 e. The maximum Gasteiger partial charge on any atom is 0.130 e. The van der Waals surface area contributed by atoms with E-state index in [1.807, 2.05) is 31.2 Å². The van der Waals surface area contributed by atoms with Crippen LogP contribution in [0, 0.1) is 11.6 Å². The Bertz CT molecular complexity index is 600. The number of hydrogen-bond acceptors (Lipinski definition) is 4. The van der Waals surface area contributed by atoms with Crippen LogP contribution in [0.5, 0.6) is 11.5 Å². The molecular weight excluding hydrogens is 248 g/mol. The Balaban J connectivity index is 2.58. The zero-order chi connectivity index (χ0) is 13.1. The molecule has 0 aliphatic heterocycles. The Morgan fingerprint density at radius 2 is 1.67 bits per heavy atom. The monoisotopic (exact) mass is 262 g/mol. The van der Waals surface area contributed by atoms with Crippen molar-refractivity contribution in [3.8, 4) is 22.8 Å². The molecule has 0 saturated heterocycles. The summed E-state index contributed by atoms with van der Waals surface area (Å²) in [6.07, 6.45) is 0. The van der Waals surface area contributed by atoms with Gasteiger partial charge in [0, 0.05) is 17.3 Å². The zero-order valence-electron chi connectivity index (χ0n) is 10.5. The van der Waals surface area contributed by atoms with Gasteiger partial charge in [-0.3, -0.25) is 0 Å². The molecule has 0 amide bonds. The van der Waals surface area contributed by atoms with E-state index in [9.17, 15) is 0 Å². The quantitative estimate of drug-likeness (QED) is 0.863. The standard InChI is InChI=1S/C13H14N2O2S/c1-8-14-12(7-13(18)15-8)9-4-10(16-2)6-11(5-9)17-3/h4-7H,1-3H3,(H,14,15,18). The Hall–Kier alpha value is -1.88. The van der Waals surface area contributed by atoms with Crippen molar-refractivity contribution in [2.75, 3.05) is 14.2 Å². The highest BCUT2D eigenvalue weighted by atomic mass is 32.1. The van der Waals surface area contributed by atoms with Crippen LogP contribution in [0.2, 0.25) is 0 Å². The van der Waals surface area contributed by atoms with Crippen molar-refractivity contribution in [2.24, 2.45) is 0 Å². The number of ether oxygens (including phenoxy) is 2. The van der Waals surface area contributed by atoms with E-state index in [1.165, 1.54) is 0 Å². The van der Waals surface area contributed by atoms with Crippen LogP contribution in [0.25, 0.3) is 11.3 Å². The number of nitrogens with zero attached hydrogens (tertiary/aromatic N) is 1. The molecule has 1 heterocycles. The van der Waals surface area contributed by atoms with Crippen LogP contribution in [-0.4, -0.2) is 24.2 Å². The van der Waals surface area contributed by atoms with Gasteiger partial charge >= 0.3 is 0 Å². The van der Waals surface area contributed by atoms with E-state index in [2.05, 4.69) is 9.97 Å². The summed E-state index contributed by atoms with van der Waals surface area (Å²) in [5, 5.41) is 0. The second-order valence-electron chi connectivity index (χ2n) is 3.82. The average molecular weight is 262 g/mol. The summed E-state index contributed by atoms with van der Waals surface area (Å²) in [6, 6.07) is 7.48. The van der Waals surface area contributed by atoms with E-state index in [-0.39, 0.29) is 0 Å². The second kappa shape index (κ2) is 5.18. The first-order chi connectivity index (χ1) is 8.62. The number of H-pyrrole nitrogens is 1. The van der Waals surface area contributed by atoms with Gasteiger partial charge in [-0.2, -0.15) is 0 Å². The summed E-state index contributed by atoms with van der Waals surface area (Å²) in [5.41, 5.74) is 1.84. The van der Waals surface area contributed by atoms with Crippen molar-refractivity contribution in [2.45, 2.75) is 6.92 Å². The molecule has 0 spiro atoms. The first-order valence-electron chi connectivity index (χ1n) is 5.44. The Kier molecular flexibility index (Phi) is 3.62. The summed E-state index contributed by atoms with van der Waals surface area (Å²) >= 11 is 5.12. The summed E-state index contributed by atoms with van der Waals surface area (Å²) in [5.74, 6) is 2.25. The second-order valence-corrected chi connectivity index (χ2v) is 4.24. The predicted molar refractivity (Wildman–Crippen MR) is 72.7 cm³/mol. The minimum Gasteiger partial charge on any atom is -0.497 e. The van der Waals surface area contributed by atoms with Gasteiger partial charge in [-0.15, -0.1) is 0 Å². The molecule has 0 atom stereocenters. The molecule has 0 unspecified atom stereocenters. The average Bonchev–Trinajstić information content (AvgIpc) is 2.37. The van der Waals surface area contributed by atoms with Gasteiger partial charge in [-0.25, -0.2) is 4.98 Å². The smallest absolute Gasteiger partial charge is 0.130 e. The molecule has 1 N–H and O–H groups in total.